The van der Waals surface area contributed by atoms with Gasteiger partial charge in [0.05, 0.1) is 6.20 Å². The van der Waals surface area contributed by atoms with Crippen molar-refractivity contribution in [3.8, 4) is 0 Å². The molecule has 0 saturated heterocycles. The lowest BCUT2D eigenvalue weighted by Crippen LogP contribution is -2.10. The SMILES string of the molecule is [NH]C(=O)Nc1cnccn1. The highest BCUT2D eigenvalue weighted by atomic mass is 16.2. The Bertz CT molecular complexity index is 222. The van der Waals surface area contributed by atoms with Crippen molar-refractivity contribution < 1.29 is 4.79 Å². The van der Waals surface area contributed by atoms with Crippen LogP contribution in [0.25, 0.3) is 0 Å². The zero-order valence-electron chi connectivity index (χ0n) is 5.03. The Kier molecular flexibility index (Phi) is 1.79. The molecule has 5 heteroatoms. The standard InChI is InChI=1S/C5H5N4O/c6-5(10)9-4-3-7-1-2-8-4/h1-3,6H,(H,8,9,10). The molecular weight excluding hydrogens is 132 g/mol. The smallest absolute Gasteiger partial charge is 0.290 e. The lowest BCUT2D eigenvalue weighted by atomic mass is 10.6. The first-order valence-electron chi connectivity index (χ1n) is 2.57. The summed E-state index contributed by atoms with van der Waals surface area (Å²) < 4.78 is 0. The number of anilines is 1. The van der Waals surface area contributed by atoms with Crippen LogP contribution in [0, 0.1) is 0 Å². The van der Waals surface area contributed by atoms with Gasteiger partial charge in [0.1, 0.15) is 0 Å². The third kappa shape index (κ3) is 1.70. The van der Waals surface area contributed by atoms with Crippen molar-refractivity contribution in [2.24, 2.45) is 0 Å². The molecule has 0 bridgehead atoms. The Morgan fingerprint density at radius 1 is 1.60 bits per heavy atom. The van der Waals surface area contributed by atoms with Crippen LogP contribution in [0.1, 0.15) is 0 Å². The number of carbonyl (C=O) groups excluding carboxylic acids is 1. The fraction of sp³-hybridized carbons (Fsp3) is 0. The highest BCUT2D eigenvalue weighted by Crippen LogP contribution is 1.94. The Morgan fingerprint density at radius 3 is 2.90 bits per heavy atom. The Hall–Kier alpha value is -1.65. The van der Waals surface area contributed by atoms with E-state index in [1.165, 1.54) is 18.6 Å². The highest BCUT2D eigenvalue weighted by Gasteiger charge is 1.94. The Balaban J connectivity index is 2.67. The first-order valence-corrected chi connectivity index (χ1v) is 2.57. The lowest BCUT2D eigenvalue weighted by Gasteiger charge is -1.95. The number of nitrogens with zero attached hydrogens (tertiary/aromatic N) is 2. The normalized spacial score (nSPS) is 8.80. The maximum Gasteiger partial charge on any atom is 0.339 e. The van der Waals surface area contributed by atoms with Gasteiger partial charge in [-0.1, -0.05) is 0 Å². The number of hydrogen-bond acceptors (Lipinski definition) is 3. The van der Waals surface area contributed by atoms with Gasteiger partial charge < -0.3 is 0 Å². The van der Waals surface area contributed by atoms with Crippen molar-refractivity contribution in [2.45, 2.75) is 0 Å². The summed E-state index contributed by atoms with van der Waals surface area (Å²) in [5.74, 6) is 0.294. The van der Waals surface area contributed by atoms with Crippen LogP contribution in [0.15, 0.2) is 18.6 Å². The molecule has 0 aliphatic carbocycles. The summed E-state index contributed by atoms with van der Waals surface area (Å²) in [6, 6.07) is -0.888. The average molecular weight is 137 g/mol. The average Bonchev–Trinajstić information content (AvgIpc) is 1.88. The molecule has 51 valence electrons. The molecule has 1 heterocycles. The Morgan fingerprint density at radius 2 is 2.40 bits per heavy atom. The third-order valence-corrected chi connectivity index (χ3v) is 0.805. The van der Waals surface area contributed by atoms with Crippen molar-refractivity contribution in [3.05, 3.63) is 18.6 Å². The van der Waals surface area contributed by atoms with E-state index in [2.05, 4.69) is 15.3 Å². The lowest BCUT2D eigenvalue weighted by molar-refractivity contribution is 0.258. The van der Waals surface area contributed by atoms with E-state index in [9.17, 15) is 4.79 Å². The summed E-state index contributed by atoms with van der Waals surface area (Å²) in [6.07, 6.45) is 4.29. The molecule has 1 aromatic rings. The first-order chi connectivity index (χ1) is 4.79. The molecule has 1 radical (unpaired) electrons. The van der Waals surface area contributed by atoms with Gasteiger partial charge in [0.2, 0.25) is 0 Å². The number of rotatable bonds is 1. The Labute approximate surface area is 57.3 Å². The van der Waals surface area contributed by atoms with Crippen LogP contribution in [-0.2, 0) is 0 Å². The molecule has 0 fully saturated rings. The number of aromatic nitrogens is 2. The fourth-order valence-electron chi connectivity index (χ4n) is 0.480. The van der Waals surface area contributed by atoms with Gasteiger partial charge in [-0.25, -0.2) is 15.5 Å². The van der Waals surface area contributed by atoms with Gasteiger partial charge in [0, 0.05) is 12.4 Å². The molecule has 0 atom stereocenters. The van der Waals surface area contributed by atoms with Crippen LogP contribution in [0.2, 0.25) is 0 Å². The van der Waals surface area contributed by atoms with Crippen LogP contribution in [-0.4, -0.2) is 16.0 Å². The van der Waals surface area contributed by atoms with Crippen LogP contribution >= 0.6 is 0 Å². The predicted molar refractivity (Wildman–Crippen MR) is 34.1 cm³/mol. The van der Waals surface area contributed by atoms with Crippen molar-refractivity contribution >= 4 is 11.8 Å². The second kappa shape index (κ2) is 2.77. The summed E-state index contributed by atoms with van der Waals surface area (Å²) in [5, 5.41) is 2.16. The van der Waals surface area contributed by atoms with Crippen LogP contribution in [0.3, 0.4) is 0 Å². The quantitative estimate of drug-likeness (QED) is 0.604. The van der Waals surface area contributed by atoms with E-state index < -0.39 is 6.03 Å². The predicted octanol–water partition coefficient (Wildman–Crippen LogP) is 0.291. The number of amides is 2. The summed E-state index contributed by atoms with van der Waals surface area (Å²) in [6.45, 7) is 0. The maximum atomic E-state index is 10.1. The van der Waals surface area contributed by atoms with E-state index >= 15 is 0 Å². The monoisotopic (exact) mass is 137 g/mol. The van der Waals surface area contributed by atoms with E-state index in [1.54, 1.807) is 0 Å². The van der Waals surface area contributed by atoms with Gasteiger partial charge in [0.15, 0.2) is 5.82 Å². The molecule has 10 heavy (non-hydrogen) atoms. The van der Waals surface area contributed by atoms with E-state index in [0.717, 1.165) is 0 Å². The molecule has 0 unspecified atom stereocenters. The molecule has 1 rings (SSSR count). The van der Waals surface area contributed by atoms with Crippen LogP contribution < -0.4 is 11.1 Å². The minimum atomic E-state index is -0.888. The zero-order chi connectivity index (χ0) is 7.40. The van der Waals surface area contributed by atoms with Gasteiger partial charge in [0.25, 0.3) is 0 Å². The topological polar surface area (TPSA) is 78.7 Å². The van der Waals surface area contributed by atoms with E-state index in [-0.39, 0.29) is 0 Å². The van der Waals surface area contributed by atoms with Crippen LogP contribution in [0.4, 0.5) is 10.6 Å². The third-order valence-electron chi connectivity index (χ3n) is 0.805. The molecule has 0 aliphatic heterocycles. The van der Waals surface area contributed by atoms with Gasteiger partial charge >= 0.3 is 6.03 Å². The summed E-state index contributed by atoms with van der Waals surface area (Å²) >= 11 is 0. The number of hydrogen-bond donors (Lipinski definition) is 1. The molecular formula is C5H5N4O. The molecule has 0 aliphatic rings. The van der Waals surface area contributed by atoms with E-state index in [0.29, 0.717) is 5.82 Å². The molecule has 2 amide bonds. The molecule has 0 saturated carbocycles. The maximum absolute atomic E-state index is 10.1. The number of urea groups is 1. The second-order valence-corrected chi connectivity index (χ2v) is 1.54. The van der Waals surface area contributed by atoms with Gasteiger partial charge in [-0.15, -0.1) is 0 Å². The van der Waals surface area contributed by atoms with Gasteiger partial charge in [-0.05, 0) is 0 Å². The summed E-state index contributed by atoms with van der Waals surface area (Å²) in [5.41, 5.74) is 6.50. The van der Waals surface area contributed by atoms with E-state index in [4.69, 9.17) is 5.73 Å². The minimum absolute atomic E-state index is 0.294. The second-order valence-electron chi connectivity index (χ2n) is 1.54. The molecule has 0 spiro atoms. The summed E-state index contributed by atoms with van der Waals surface area (Å²) in [7, 11) is 0. The van der Waals surface area contributed by atoms with Crippen molar-refractivity contribution in [3.63, 3.8) is 0 Å². The highest BCUT2D eigenvalue weighted by molar-refractivity contribution is 5.85. The van der Waals surface area contributed by atoms with E-state index in [1.807, 2.05) is 0 Å². The summed E-state index contributed by atoms with van der Waals surface area (Å²) in [4.78, 5) is 17.5. The van der Waals surface area contributed by atoms with Gasteiger partial charge in [-0.3, -0.25) is 10.3 Å². The van der Waals surface area contributed by atoms with Crippen molar-refractivity contribution in [1.82, 2.24) is 15.7 Å². The van der Waals surface area contributed by atoms with Crippen molar-refractivity contribution in [2.75, 3.05) is 5.32 Å². The first kappa shape index (κ1) is 6.47. The number of nitrogens with one attached hydrogen (secondary N) is 2. The van der Waals surface area contributed by atoms with Gasteiger partial charge in [-0.2, -0.15) is 0 Å². The molecule has 5 nitrogen and oxygen atoms in total. The molecule has 0 aromatic carbocycles. The molecule has 1 aromatic heterocycles. The molecule has 2 N–H and O–H groups in total. The van der Waals surface area contributed by atoms with Crippen LogP contribution in [0.5, 0.6) is 0 Å². The fourth-order valence-corrected chi connectivity index (χ4v) is 0.480. The van der Waals surface area contributed by atoms with Crippen molar-refractivity contribution in [1.29, 1.82) is 0 Å². The zero-order valence-corrected chi connectivity index (χ0v) is 5.03. The largest absolute Gasteiger partial charge is 0.339 e. The number of carbonyl (C=O) groups is 1. The minimum Gasteiger partial charge on any atom is -0.290 e.